The van der Waals surface area contributed by atoms with Crippen molar-refractivity contribution in [3.8, 4) is 0 Å². The molecular formula is C13H15N3OS3. The number of rotatable bonds is 7. The predicted octanol–water partition coefficient (Wildman–Crippen LogP) is 3.52. The minimum absolute atomic E-state index is 0.0323. The van der Waals surface area contributed by atoms with Gasteiger partial charge in [0.05, 0.1) is 5.75 Å². The SMILES string of the molecule is CCSc1nnc(NC(=O)CSCc2ccccc2)s1. The summed E-state index contributed by atoms with van der Waals surface area (Å²) in [7, 11) is 0. The van der Waals surface area contributed by atoms with Gasteiger partial charge >= 0.3 is 0 Å². The van der Waals surface area contributed by atoms with Crippen LogP contribution in [0.3, 0.4) is 0 Å². The fraction of sp³-hybridized carbons (Fsp3) is 0.308. The molecule has 2 rings (SSSR count). The molecule has 0 fully saturated rings. The van der Waals surface area contributed by atoms with Crippen molar-refractivity contribution in [1.29, 1.82) is 0 Å². The van der Waals surface area contributed by atoms with Crippen LogP contribution >= 0.6 is 34.9 Å². The summed E-state index contributed by atoms with van der Waals surface area (Å²) in [5.41, 5.74) is 1.22. The van der Waals surface area contributed by atoms with Crippen LogP contribution < -0.4 is 5.32 Å². The van der Waals surface area contributed by atoms with E-state index in [0.717, 1.165) is 15.8 Å². The summed E-state index contributed by atoms with van der Waals surface area (Å²) in [5.74, 6) is 2.18. The Morgan fingerprint density at radius 1 is 1.30 bits per heavy atom. The molecule has 0 atom stereocenters. The lowest BCUT2D eigenvalue weighted by Gasteiger charge is -2.01. The molecule has 0 unspecified atom stereocenters. The van der Waals surface area contributed by atoms with Gasteiger partial charge in [-0.2, -0.15) is 0 Å². The van der Waals surface area contributed by atoms with E-state index in [1.807, 2.05) is 18.2 Å². The molecule has 106 valence electrons. The van der Waals surface area contributed by atoms with Crippen molar-refractivity contribution in [2.45, 2.75) is 17.0 Å². The average Bonchev–Trinajstić information content (AvgIpc) is 2.88. The Kier molecular flexibility index (Phi) is 6.35. The van der Waals surface area contributed by atoms with Crippen LogP contribution in [-0.2, 0) is 10.5 Å². The highest BCUT2D eigenvalue weighted by Crippen LogP contribution is 2.25. The number of benzene rings is 1. The molecule has 0 bridgehead atoms. The third kappa shape index (κ3) is 5.15. The molecule has 0 aliphatic rings. The third-order valence-electron chi connectivity index (χ3n) is 2.27. The van der Waals surface area contributed by atoms with Crippen molar-refractivity contribution in [3.05, 3.63) is 35.9 Å². The first-order chi connectivity index (χ1) is 9.78. The van der Waals surface area contributed by atoms with Gasteiger partial charge in [-0.05, 0) is 11.3 Å². The number of amides is 1. The summed E-state index contributed by atoms with van der Waals surface area (Å²) in [5, 5.41) is 11.3. The van der Waals surface area contributed by atoms with Crippen molar-refractivity contribution in [3.63, 3.8) is 0 Å². The lowest BCUT2D eigenvalue weighted by Crippen LogP contribution is -2.13. The Morgan fingerprint density at radius 3 is 2.85 bits per heavy atom. The topological polar surface area (TPSA) is 54.9 Å². The van der Waals surface area contributed by atoms with Gasteiger partial charge in [0.2, 0.25) is 11.0 Å². The van der Waals surface area contributed by atoms with Gasteiger partial charge in [0.25, 0.3) is 0 Å². The van der Waals surface area contributed by atoms with Gasteiger partial charge in [-0.25, -0.2) is 0 Å². The summed E-state index contributed by atoms with van der Waals surface area (Å²) >= 11 is 4.63. The van der Waals surface area contributed by atoms with E-state index >= 15 is 0 Å². The highest BCUT2D eigenvalue weighted by atomic mass is 32.2. The molecule has 0 spiro atoms. The number of nitrogens with one attached hydrogen (secondary N) is 1. The smallest absolute Gasteiger partial charge is 0.236 e. The second-order valence-corrected chi connectivity index (χ2v) is 7.31. The maximum Gasteiger partial charge on any atom is 0.236 e. The number of nitrogens with zero attached hydrogens (tertiary/aromatic N) is 2. The van der Waals surface area contributed by atoms with Crippen molar-refractivity contribution < 1.29 is 4.79 Å². The second kappa shape index (κ2) is 8.28. The third-order valence-corrected chi connectivity index (χ3v) is 5.12. The molecule has 0 aliphatic heterocycles. The molecule has 1 aromatic heterocycles. The van der Waals surface area contributed by atoms with E-state index < -0.39 is 0 Å². The normalized spacial score (nSPS) is 10.4. The van der Waals surface area contributed by atoms with Crippen molar-refractivity contribution in [1.82, 2.24) is 10.2 Å². The first-order valence-corrected chi connectivity index (χ1v) is 9.11. The quantitative estimate of drug-likeness (QED) is 0.623. The predicted molar refractivity (Wildman–Crippen MR) is 87.5 cm³/mol. The van der Waals surface area contributed by atoms with Gasteiger partial charge < -0.3 is 0 Å². The number of thioether (sulfide) groups is 2. The first kappa shape index (κ1) is 15.3. The van der Waals surface area contributed by atoms with Crippen molar-refractivity contribution in [2.75, 3.05) is 16.8 Å². The molecule has 20 heavy (non-hydrogen) atoms. The van der Waals surface area contributed by atoms with Crippen LogP contribution in [0.1, 0.15) is 12.5 Å². The van der Waals surface area contributed by atoms with E-state index in [4.69, 9.17) is 0 Å². The van der Waals surface area contributed by atoms with Gasteiger partial charge in [-0.3, -0.25) is 10.1 Å². The van der Waals surface area contributed by atoms with E-state index in [1.165, 1.54) is 16.9 Å². The number of hydrogen-bond acceptors (Lipinski definition) is 6. The molecular weight excluding hydrogens is 310 g/mol. The number of anilines is 1. The highest BCUT2D eigenvalue weighted by molar-refractivity contribution is 8.01. The largest absolute Gasteiger partial charge is 0.300 e. The molecule has 1 heterocycles. The van der Waals surface area contributed by atoms with Crippen LogP contribution in [0.15, 0.2) is 34.7 Å². The molecule has 7 heteroatoms. The Balaban J connectivity index is 1.72. The number of carbonyl (C=O) groups is 1. The van der Waals surface area contributed by atoms with Gasteiger partial charge in [-0.1, -0.05) is 60.4 Å². The molecule has 4 nitrogen and oxygen atoms in total. The average molecular weight is 325 g/mol. The van der Waals surface area contributed by atoms with Crippen molar-refractivity contribution >= 4 is 45.9 Å². The molecule has 0 radical (unpaired) electrons. The van der Waals surface area contributed by atoms with E-state index in [-0.39, 0.29) is 5.91 Å². The fourth-order valence-electron chi connectivity index (χ4n) is 1.43. The molecule has 0 saturated carbocycles. The monoisotopic (exact) mass is 325 g/mol. The second-order valence-electron chi connectivity index (χ2n) is 3.83. The summed E-state index contributed by atoms with van der Waals surface area (Å²) in [6, 6.07) is 10.1. The van der Waals surface area contributed by atoms with Crippen LogP contribution in [-0.4, -0.2) is 27.6 Å². The molecule has 1 amide bonds. The van der Waals surface area contributed by atoms with Gasteiger partial charge in [-0.15, -0.1) is 22.0 Å². The Morgan fingerprint density at radius 2 is 2.10 bits per heavy atom. The molecule has 0 saturated heterocycles. The summed E-state index contributed by atoms with van der Waals surface area (Å²) in [4.78, 5) is 11.8. The van der Waals surface area contributed by atoms with Crippen LogP contribution in [0.2, 0.25) is 0 Å². The number of hydrogen-bond donors (Lipinski definition) is 1. The van der Waals surface area contributed by atoms with Crippen LogP contribution in [0.5, 0.6) is 0 Å². The Bertz CT molecular complexity index is 545. The standard InChI is InChI=1S/C13H15N3OS3/c1-2-19-13-16-15-12(20-13)14-11(17)9-18-8-10-6-4-3-5-7-10/h3-7H,2,8-9H2,1H3,(H,14,15,17). The highest BCUT2D eigenvalue weighted by Gasteiger charge is 2.08. The van der Waals surface area contributed by atoms with Crippen LogP contribution in [0, 0.1) is 0 Å². The Hall–Kier alpha value is -1.05. The maximum atomic E-state index is 11.8. The zero-order valence-corrected chi connectivity index (χ0v) is 13.5. The number of aromatic nitrogens is 2. The molecule has 2 aromatic rings. The Labute approximate surface area is 130 Å². The zero-order chi connectivity index (χ0) is 14.2. The summed E-state index contributed by atoms with van der Waals surface area (Å²) in [6.07, 6.45) is 0. The number of carbonyl (C=O) groups excluding carboxylic acids is 1. The van der Waals surface area contributed by atoms with Crippen molar-refractivity contribution in [2.24, 2.45) is 0 Å². The first-order valence-electron chi connectivity index (χ1n) is 6.15. The summed E-state index contributed by atoms with van der Waals surface area (Å²) < 4.78 is 0.889. The van der Waals surface area contributed by atoms with Gasteiger partial charge in [0, 0.05) is 5.75 Å². The van der Waals surface area contributed by atoms with E-state index in [9.17, 15) is 4.79 Å². The van der Waals surface area contributed by atoms with Crippen LogP contribution in [0.4, 0.5) is 5.13 Å². The molecule has 1 N–H and O–H groups in total. The summed E-state index contributed by atoms with van der Waals surface area (Å²) in [6.45, 7) is 2.06. The zero-order valence-electron chi connectivity index (χ0n) is 11.0. The molecule has 1 aromatic carbocycles. The van der Waals surface area contributed by atoms with Gasteiger partial charge in [0.15, 0.2) is 4.34 Å². The van der Waals surface area contributed by atoms with E-state index in [0.29, 0.717) is 10.9 Å². The maximum absolute atomic E-state index is 11.8. The van der Waals surface area contributed by atoms with Gasteiger partial charge in [0.1, 0.15) is 0 Å². The lowest BCUT2D eigenvalue weighted by atomic mass is 10.2. The minimum Gasteiger partial charge on any atom is -0.300 e. The van der Waals surface area contributed by atoms with E-state index in [1.54, 1.807) is 23.5 Å². The minimum atomic E-state index is -0.0323. The van der Waals surface area contributed by atoms with E-state index in [2.05, 4.69) is 34.6 Å². The van der Waals surface area contributed by atoms with Crippen LogP contribution in [0.25, 0.3) is 0 Å². The lowest BCUT2D eigenvalue weighted by molar-refractivity contribution is -0.113. The fourth-order valence-corrected chi connectivity index (χ4v) is 3.89. The molecule has 0 aliphatic carbocycles.